The lowest BCUT2D eigenvalue weighted by atomic mass is 9.89. The highest BCUT2D eigenvalue weighted by molar-refractivity contribution is 5.18. The molecule has 1 saturated carbocycles. The molecule has 1 fully saturated rings. The largest absolute Gasteiger partial charge is 0.474 e. The molecule has 1 N–H and O–H groups in total. The molecule has 1 aromatic rings. The molecule has 1 aliphatic rings. The Kier molecular flexibility index (Phi) is 5.03. The van der Waals surface area contributed by atoms with Crippen molar-refractivity contribution in [1.82, 2.24) is 10.3 Å². The summed E-state index contributed by atoms with van der Waals surface area (Å²) in [4.78, 5) is 4.44. The van der Waals surface area contributed by atoms with Gasteiger partial charge in [-0.1, -0.05) is 19.4 Å². The van der Waals surface area contributed by atoms with Crippen LogP contribution in [-0.4, -0.2) is 16.6 Å². The fourth-order valence-corrected chi connectivity index (χ4v) is 2.61. The third kappa shape index (κ3) is 5.12. The smallest absolute Gasteiger partial charge is 0.213 e. The highest BCUT2D eigenvalue weighted by Gasteiger charge is 2.20. The second kappa shape index (κ2) is 6.57. The molecule has 2 unspecified atom stereocenters. The Hall–Kier alpha value is -1.09. The van der Waals surface area contributed by atoms with Crippen molar-refractivity contribution in [2.75, 3.05) is 0 Å². The van der Waals surface area contributed by atoms with Crippen molar-refractivity contribution in [3.63, 3.8) is 0 Å². The van der Waals surface area contributed by atoms with E-state index in [0.29, 0.717) is 6.10 Å². The second-order valence-electron chi connectivity index (χ2n) is 7.12. The third-order valence-electron chi connectivity index (χ3n) is 3.80. The van der Waals surface area contributed by atoms with Crippen molar-refractivity contribution in [2.45, 2.75) is 71.6 Å². The van der Waals surface area contributed by atoms with Crippen molar-refractivity contribution in [3.8, 4) is 5.88 Å². The van der Waals surface area contributed by atoms with Gasteiger partial charge in [-0.3, -0.25) is 0 Å². The van der Waals surface area contributed by atoms with E-state index in [1.165, 1.54) is 24.8 Å². The Morgan fingerprint density at radius 2 is 2.10 bits per heavy atom. The number of ether oxygens (including phenoxy) is 1. The average Bonchev–Trinajstić information content (AvgIpc) is 2.37. The average molecular weight is 276 g/mol. The number of rotatable bonds is 4. The van der Waals surface area contributed by atoms with Crippen LogP contribution in [-0.2, 0) is 6.54 Å². The van der Waals surface area contributed by atoms with E-state index in [-0.39, 0.29) is 5.54 Å². The Morgan fingerprint density at radius 1 is 1.30 bits per heavy atom. The maximum Gasteiger partial charge on any atom is 0.213 e. The van der Waals surface area contributed by atoms with Gasteiger partial charge < -0.3 is 10.1 Å². The van der Waals surface area contributed by atoms with Crippen molar-refractivity contribution in [1.29, 1.82) is 0 Å². The molecule has 0 radical (unpaired) electrons. The SMILES string of the molecule is CC1CCCC(Oc2ccc(CNC(C)(C)C)cn2)C1. The standard InChI is InChI=1S/C17H28N2O/c1-13-6-5-7-15(10-13)20-16-9-8-14(11-18-16)12-19-17(2,3)4/h8-9,11,13,15,19H,5-7,10,12H2,1-4H3. The minimum Gasteiger partial charge on any atom is -0.474 e. The van der Waals surface area contributed by atoms with Gasteiger partial charge in [-0.25, -0.2) is 4.98 Å². The van der Waals surface area contributed by atoms with Gasteiger partial charge in [0.15, 0.2) is 0 Å². The molecule has 1 aliphatic carbocycles. The van der Waals surface area contributed by atoms with Gasteiger partial charge in [0, 0.05) is 24.3 Å². The van der Waals surface area contributed by atoms with E-state index in [2.05, 4.69) is 44.1 Å². The molecular formula is C17H28N2O. The summed E-state index contributed by atoms with van der Waals surface area (Å²) in [5.41, 5.74) is 1.33. The molecule has 0 aromatic carbocycles. The van der Waals surface area contributed by atoms with Gasteiger partial charge in [0.2, 0.25) is 5.88 Å². The van der Waals surface area contributed by atoms with Gasteiger partial charge in [0.05, 0.1) is 0 Å². The van der Waals surface area contributed by atoms with Crippen LogP contribution in [0, 0.1) is 5.92 Å². The van der Waals surface area contributed by atoms with Crippen LogP contribution in [0.4, 0.5) is 0 Å². The van der Waals surface area contributed by atoms with Crippen molar-refractivity contribution < 1.29 is 4.74 Å². The molecule has 2 rings (SSSR count). The first kappa shape index (κ1) is 15.3. The molecule has 0 spiro atoms. The second-order valence-corrected chi connectivity index (χ2v) is 7.12. The normalized spacial score (nSPS) is 23.6. The molecule has 112 valence electrons. The van der Waals surface area contributed by atoms with E-state index in [4.69, 9.17) is 4.74 Å². The number of hydrogen-bond donors (Lipinski definition) is 1. The first-order chi connectivity index (χ1) is 9.42. The predicted molar refractivity (Wildman–Crippen MR) is 82.9 cm³/mol. The zero-order valence-corrected chi connectivity index (χ0v) is 13.3. The Bertz CT molecular complexity index is 408. The summed E-state index contributed by atoms with van der Waals surface area (Å²) in [7, 11) is 0. The summed E-state index contributed by atoms with van der Waals surface area (Å²) in [5, 5.41) is 3.46. The lowest BCUT2D eigenvalue weighted by Gasteiger charge is -2.27. The molecule has 3 heteroatoms. The number of pyridine rings is 1. The number of nitrogens with one attached hydrogen (secondary N) is 1. The van der Waals surface area contributed by atoms with Crippen molar-refractivity contribution in [2.24, 2.45) is 5.92 Å². The Morgan fingerprint density at radius 3 is 2.70 bits per heavy atom. The predicted octanol–water partition coefficient (Wildman–Crippen LogP) is 3.93. The minimum absolute atomic E-state index is 0.132. The van der Waals surface area contributed by atoms with Gasteiger partial charge in [-0.15, -0.1) is 0 Å². The van der Waals surface area contributed by atoms with E-state index < -0.39 is 0 Å². The summed E-state index contributed by atoms with van der Waals surface area (Å²) >= 11 is 0. The van der Waals surface area contributed by atoms with Crippen molar-refractivity contribution in [3.05, 3.63) is 23.9 Å². The molecule has 0 amide bonds. The molecule has 1 aromatic heterocycles. The number of aromatic nitrogens is 1. The topological polar surface area (TPSA) is 34.1 Å². The van der Waals surface area contributed by atoms with Gasteiger partial charge in [-0.2, -0.15) is 0 Å². The highest BCUT2D eigenvalue weighted by Crippen LogP contribution is 2.26. The molecule has 0 bridgehead atoms. The van der Waals surface area contributed by atoms with Gasteiger partial charge >= 0.3 is 0 Å². The molecule has 1 heterocycles. The van der Waals surface area contributed by atoms with Gasteiger partial charge in [-0.05, 0) is 51.5 Å². The van der Waals surface area contributed by atoms with Gasteiger partial charge in [0.25, 0.3) is 0 Å². The van der Waals surface area contributed by atoms with Crippen LogP contribution in [0.15, 0.2) is 18.3 Å². The van der Waals surface area contributed by atoms with E-state index in [9.17, 15) is 0 Å². The molecular weight excluding hydrogens is 248 g/mol. The summed E-state index contributed by atoms with van der Waals surface area (Å²) in [6.45, 7) is 9.66. The van der Waals surface area contributed by atoms with Crippen LogP contribution < -0.4 is 10.1 Å². The minimum atomic E-state index is 0.132. The zero-order chi connectivity index (χ0) is 14.6. The summed E-state index contributed by atoms with van der Waals surface area (Å²) in [6, 6.07) is 4.10. The third-order valence-corrected chi connectivity index (χ3v) is 3.80. The van der Waals surface area contributed by atoms with Crippen LogP contribution in [0.2, 0.25) is 0 Å². The highest BCUT2D eigenvalue weighted by atomic mass is 16.5. The maximum atomic E-state index is 5.99. The first-order valence-corrected chi connectivity index (χ1v) is 7.79. The monoisotopic (exact) mass is 276 g/mol. The molecule has 3 nitrogen and oxygen atoms in total. The summed E-state index contributed by atoms with van der Waals surface area (Å²) < 4.78 is 5.99. The van der Waals surface area contributed by atoms with Crippen LogP contribution in [0.25, 0.3) is 0 Å². The van der Waals surface area contributed by atoms with Crippen LogP contribution >= 0.6 is 0 Å². The van der Waals surface area contributed by atoms with Crippen LogP contribution in [0.5, 0.6) is 5.88 Å². The molecule has 0 aliphatic heterocycles. The zero-order valence-electron chi connectivity index (χ0n) is 13.3. The Labute approximate surface area is 123 Å². The summed E-state index contributed by atoms with van der Waals surface area (Å²) in [5.74, 6) is 1.55. The lowest BCUT2D eigenvalue weighted by molar-refractivity contribution is 0.124. The Balaban J connectivity index is 1.85. The lowest BCUT2D eigenvalue weighted by Crippen LogP contribution is -2.35. The van der Waals surface area contributed by atoms with E-state index in [1.807, 2.05) is 12.3 Å². The summed E-state index contributed by atoms with van der Waals surface area (Å²) in [6.07, 6.45) is 7.21. The van der Waals surface area contributed by atoms with Crippen LogP contribution in [0.3, 0.4) is 0 Å². The molecule has 2 atom stereocenters. The first-order valence-electron chi connectivity index (χ1n) is 7.79. The van der Waals surface area contributed by atoms with Crippen LogP contribution in [0.1, 0.15) is 58.9 Å². The quantitative estimate of drug-likeness (QED) is 0.905. The fourth-order valence-electron chi connectivity index (χ4n) is 2.61. The van der Waals surface area contributed by atoms with E-state index >= 15 is 0 Å². The maximum absolute atomic E-state index is 5.99. The molecule has 20 heavy (non-hydrogen) atoms. The van der Waals surface area contributed by atoms with E-state index in [0.717, 1.165) is 24.8 Å². The molecule has 0 saturated heterocycles. The number of nitrogens with zero attached hydrogens (tertiary/aromatic N) is 1. The van der Waals surface area contributed by atoms with Crippen molar-refractivity contribution >= 4 is 0 Å². The fraction of sp³-hybridized carbons (Fsp3) is 0.706. The van der Waals surface area contributed by atoms with E-state index in [1.54, 1.807) is 0 Å². The number of hydrogen-bond acceptors (Lipinski definition) is 3. The van der Waals surface area contributed by atoms with Gasteiger partial charge in [0.1, 0.15) is 6.10 Å².